The first-order valence-corrected chi connectivity index (χ1v) is 8.99. The monoisotopic (exact) mass is 364 g/mol. The van der Waals surface area contributed by atoms with E-state index < -0.39 is 0 Å². The highest BCUT2D eigenvalue weighted by Crippen LogP contribution is 2.26. The summed E-state index contributed by atoms with van der Waals surface area (Å²) in [5.41, 5.74) is 1.29. The molecule has 2 nitrogen and oxygen atoms in total. The summed E-state index contributed by atoms with van der Waals surface area (Å²) in [6.07, 6.45) is 19.1. The number of allylic oxidation sites excluding steroid dienone is 2. The second-order valence-electron chi connectivity index (χ2n) is 5.98. The highest BCUT2D eigenvalue weighted by atomic mass is 79.9. The Morgan fingerprint density at radius 1 is 1.18 bits per heavy atom. The number of nitrogens with zero attached hydrogens (tertiary/aromatic N) is 2. The van der Waals surface area contributed by atoms with Crippen LogP contribution < -0.4 is 0 Å². The van der Waals surface area contributed by atoms with E-state index in [2.05, 4.69) is 64.8 Å². The summed E-state index contributed by atoms with van der Waals surface area (Å²) in [7, 11) is 4.12. The van der Waals surface area contributed by atoms with Gasteiger partial charge in [-0.05, 0) is 53.0 Å². The smallest absolute Gasteiger partial charge is 0.0410 e. The zero-order chi connectivity index (χ0) is 16.2. The first-order valence-electron chi connectivity index (χ1n) is 8.19. The van der Waals surface area contributed by atoms with E-state index in [9.17, 15) is 0 Å². The van der Waals surface area contributed by atoms with E-state index in [0.717, 1.165) is 10.9 Å². The topological polar surface area (TPSA) is 16.1 Å². The average Bonchev–Trinajstić information content (AvgIpc) is 2.49. The Bertz CT molecular complexity index is 455. The summed E-state index contributed by atoms with van der Waals surface area (Å²) in [5.74, 6) is 0.445. The Kier molecular flexibility index (Phi) is 9.89. The van der Waals surface area contributed by atoms with Gasteiger partial charge in [-0.2, -0.15) is 0 Å². The fourth-order valence-electron chi connectivity index (χ4n) is 2.46. The maximum absolute atomic E-state index is 4.31. The lowest BCUT2D eigenvalue weighted by molar-refractivity contribution is 0.547. The van der Waals surface area contributed by atoms with Crippen molar-refractivity contribution in [2.75, 3.05) is 14.1 Å². The molecule has 22 heavy (non-hydrogen) atoms. The van der Waals surface area contributed by atoms with Crippen LogP contribution in [0.15, 0.2) is 47.9 Å². The number of hydrogen-bond donors (Lipinski definition) is 0. The van der Waals surface area contributed by atoms with Crippen LogP contribution in [0, 0.1) is 0 Å². The Morgan fingerprint density at radius 3 is 2.59 bits per heavy atom. The SMILES string of the molecule is C=CCCCCCCCC(/C=C/N(C)C)c1cncc(Br)c1. The van der Waals surface area contributed by atoms with Gasteiger partial charge in [0.15, 0.2) is 0 Å². The van der Waals surface area contributed by atoms with Crippen molar-refractivity contribution in [1.82, 2.24) is 9.88 Å². The van der Waals surface area contributed by atoms with Gasteiger partial charge in [-0.15, -0.1) is 6.58 Å². The largest absolute Gasteiger partial charge is 0.384 e. The van der Waals surface area contributed by atoms with E-state index in [1.54, 1.807) is 0 Å². The molecule has 1 atom stereocenters. The number of pyridine rings is 1. The van der Waals surface area contributed by atoms with E-state index in [1.165, 1.54) is 44.1 Å². The van der Waals surface area contributed by atoms with Gasteiger partial charge in [-0.1, -0.05) is 37.8 Å². The van der Waals surface area contributed by atoms with Crippen molar-refractivity contribution in [3.05, 3.63) is 53.4 Å². The number of rotatable bonds is 11. The van der Waals surface area contributed by atoms with Crippen LogP contribution in [0.5, 0.6) is 0 Å². The number of unbranched alkanes of at least 4 members (excludes halogenated alkanes) is 5. The lowest BCUT2D eigenvalue weighted by atomic mass is 9.94. The Hall–Kier alpha value is -1.09. The maximum atomic E-state index is 4.31. The molecule has 122 valence electrons. The Balaban J connectivity index is 2.47. The summed E-state index contributed by atoms with van der Waals surface area (Å²) < 4.78 is 1.05. The van der Waals surface area contributed by atoms with Gasteiger partial charge in [0.2, 0.25) is 0 Å². The van der Waals surface area contributed by atoms with Gasteiger partial charge >= 0.3 is 0 Å². The molecule has 3 heteroatoms. The van der Waals surface area contributed by atoms with Gasteiger partial charge in [0.05, 0.1) is 0 Å². The van der Waals surface area contributed by atoms with Gasteiger partial charge < -0.3 is 4.90 Å². The number of hydrogen-bond acceptors (Lipinski definition) is 2. The summed E-state index contributed by atoms with van der Waals surface area (Å²) in [6.45, 7) is 3.77. The van der Waals surface area contributed by atoms with Crippen LogP contribution in [0.4, 0.5) is 0 Å². The van der Waals surface area contributed by atoms with Gasteiger partial charge in [0, 0.05) is 36.9 Å². The summed E-state index contributed by atoms with van der Waals surface area (Å²) in [4.78, 5) is 6.40. The molecule has 0 amide bonds. The van der Waals surface area contributed by atoms with Crippen molar-refractivity contribution in [2.24, 2.45) is 0 Å². The molecule has 0 saturated heterocycles. The van der Waals surface area contributed by atoms with Crippen LogP contribution in [-0.2, 0) is 0 Å². The molecule has 1 unspecified atom stereocenters. The molecule has 1 rings (SSSR count). The highest BCUT2D eigenvalue weighted by Gasteiger charge is 2.09. The average molecular weight is 365 g/mol. The van der Waals surface area contributed by atoms with Crippen molar-refractivity contribution in [1.29, 1.82) is 0 Å². The van der Waals surface area contributed by atoms with Crippen LogP contribution in [0.1, 0.15) is 56.4 Å². The zero-order valence-corrected chi connectivity index (χ0v) is 15.6. The Morgan fingerprint density at radius 2 is 1.91 bits per heavy atom. The summed E-state index contributed by atoms with van der Waals surface area (Å²) in [6, 6.07) is 2.18. The van der Waals surface area contributed by atoms with E-state index >= 15 is 0 Å². The van der Waals surface area contributed by atoms with Crippen molar-refractivity contribution in [2.45, 2.75) is 50.9 Å². The molecule has 0 aliphatic rings. The predicted molar refractivity (Wildman–Crippen MR) is 100 cm³/mol. The summed E-state index contributed by atoms with van der Waals surface area (Å²) in [5, 5.41) is 0. The van der Waals surface area contributed by atoms with Gasteiger partial charge in [0.25, 0.3) is 0 Å². The third-order valence-corrected chi connectivity index (χ3v) is 4.13. The molecule has 0 N–H and O–H groups in total. The van der Waals surface area contributed by atoms with E-state index in [-0.39, 0.29) is 0 Å². The van der Waals surface area contributed by atoms with Crippen LogP contribution >= 0.6 is 15.9 Å². The minimum Gasteiger partial charge on any atom is -0.384 e. The normalized spacial score (nSPS) is 12.5. The van der Waals surface area contributed by atoms with Crippen molar-refractivity contribution in [3.8, 4) is 0 Å². The molecule has 0 radical (unpaired) electrons. The first-order chi connectivity index (χ1) is 10.6. The van der Waals surface area contributed by atoms with Gasteiger partial charge in [-0.3, -0.25) is 4.98 Å². The third kappa shape index (κ3) is 8.38. The van der Waals surface area contributed by atoms with Crippen LogP contribution in [0.2, 0.25) is 0 Å². The fourth-order valence-corrected chi connectivity index (χ4v) is 2.85. The van der Waals surface area contributed by atoms with Crippen LogP contribution in [0.3, 0.4) is 0 Å². The molecule has 0 aromatic carbocycles. The molecule has 0 fully saturated rings. The van der Waals surface area contributed by atoms with E-state index in [1.807, 2.05) is 18.5 Å². The second kappa shape index (κ2) is 11.5. The Labute approximate surface area is 144 Å². The lowest BCUT2D eigenvalue weighted by Gasteiger charge is -2.15. The van der Waals surface area contributed by atoms with Crippen LogP contribution in [0.25, 0.3) is 0 Å². The van der Waals surface area contributed by atoms with Crippen molar-refractivity contribution in [3.63, 3.8) is 0 Å². The summed E-state index contributed by atoms with van der Waals surface area (Å²) >= 11 is 3.52. The standard InChI is InChI=1S/C19H29BrN2/c1-4-5-6-7-8-9-10-11-17(12-13-22(2)3)18-14-19(20)16-21-15-18/h4,12-17H,1,5-11H2,2-3H3/b13-12+. The number of aromatic nitrogens is 1. The second-order valence-corrected chi connectivity index (χ2v) is 6.90. The molecular formula is C19H29BrN2. The zero-order valence-electron chi connectivity index (χ0n) is 14.0. The molecule has 0 spiro atoms. The minimum atomic E-state index is 0.445. The quantitative estimate of drug-likeness (QED) is 0.357. The fraction of sp³-hybridized carbons (Fsp3) is 0.526. The molecule has 0 bridgehead atoms. The molecule has 0 aliphatic heterocycles. The molecule has 1 aromatic rings. The predicted octanol–water partition coefficient (Wildman–Crippen LogP) is 5.92. The van der Waals surface area contributed by atoms with E-state index in [0.29, 0.717) is 5.92 Å². The highest BCUT2D eigenvalue weighted by molar-refractivity contribution is 9.10. The van der Waals surface area contributed by atoms with Gasteiger partial charge in [0.1, 0.15) is 0 Å². The molecule has 1 aromatic heterocycles. The van der Waals surface area contributed by atoms with Gasteiger partial charge in [-0.25, -0.2) is 0 Å². The van der Waals surface area contributed by atoms with Crippen molar-refractivity contribution < 1.29 is 0 Å². The molecular weight excluding hydrogens is 336 g/mol. The molecule has 0 saturated carbocycles. The van der Waals surface area contributed by atoms with Crippen LogP contribution in [-0.4, -0.2) is 24.0 Å². The minimum absolute atomic E-state index is 0.445. The third-order valence-electron chi connectivity index (χ3n) is 3.69. The van der Waals surface area contributed by atoms with E-state index in [4.69, 9.17) is 0 Å². The maximum Gasteiger partial charge on any atom is 0.0410 e. The van der Waals surface area contributed by atoms with Crippen molar-refractivity contribution >= 4 is 15.9 Å². The first kappa shape index (κ1) is 19.0. The molecule has 0 aliphatic carbocycles. The lowest BCUT2D eigenvalue weighted by Crippen LogP contribution is -2.03. The molecule has 1 heterocycles. The number of halogens is 1.